The van der Waals surface area contributed by atoms with Gasteiger partial charge in [0.1, 0.15) is 5.82 Å². The van der Waals surface area contributed by atoms with Crippen LogP contribution in [0.15, 0.2) is 0 Å². The lowest BCUT2D eigenvalue weighted by Crippen LogP contribution is -2.33. The molecule has 0 saturated heterocycles. The van der Waals surface area contributed by atoms with E-state index < -0.39 is 0 Å². The predicted molar refractivity (Wildman–Crippen MR) is 74.5 cm³/mol. The van der Waals surface area contributed by atoms with E-state index in [1.54, 1.807) is 0 Å². The molecule has 3 N–H and O–H groups in total. The number of rotatable bonds is 5. The van der Waals surface area contributed by atoms with Crippen LogP contribution >= 0.6 is 11.5 Å². The fraction of sp³-hybridized carbons (Fsp3) is 0.833. The van der Waals surface area contributed by atoms with Gasteiger partial charge in [-0.05, 0) is 11.8 Å². The van der Waals surface area contributed by atoms with Gasteiger partial charge in [0.25, 0.3) is 0 Å². The normalized spacial score (nSPS) is 14.1. The number of nitrogens with zero attached hydrogens (tertiary/aromatic N) is 2. The predicted octanol–water partition coefficient (Wildman–Crippen LogP) is 2.84. The first kappa shape index (κ1) is 14.4. The molecule has 0 radical (unpaired) electrons. The minimum atomic E-state index is 0.154. The van der Waals surface area contributed by atoms with Gasteiger partial charge in [-0.15, -0.1) is 0 Å². The van der Waals surface area contributed by atoms with E-state index in [1.807, 2.05) is 0 Å². The van der Waals surface area contributed by atoms with Gasteiger partial charge in [0.2, 0.25) is 5.13 Å². The summed E-state index contributed by atoms with van der Waals surface area (Å²) in [7, 11) is 0. The van der Waals surface area contributed by atoms with Crippen LogP contribution in [0.3, 0.4) is 0 Å². The smallest absolute Gasteiger partial charge is 0.202 e. The molecule has 0 aromatic carbocycles. The van der Waals surface area contributed by atoms with Crippen LogP contribution in [-0.2, 0) is 0 Å². The number of nitrogens with two attached hydrogens (primary N) is 1. The van der Waals surface area contributed by atoms with E-state index in [1.165, 1.54) is 11.5 Å². The second-order valence-electron chi connectivity index (χ2n) is 6.02. The monoisotopic (exact) mass is 256 g/mol. The molecule has 17 heavy (non-hydrogen) atoms. The summed E-state index contributed by atoms with van der Waals surface area (Å²) in [4.78, 5) is 4.42. The van der Waals surface area contributed by atoms with Crippen molar-refractivity contribution < 1.29 is 0 Å². The van der Waals surface area contributed by atoms with Crippen molar-refractivity contribution >= 4 is 16.7 Å². The summed E-state index contributed by atoms with van der Waals surface area (Å²) in [6.45, 7) is 11.6. The number of nitrogens with one attached hydrogen (secondary N) is 1. The highest BCUT2D eigenvalue weighted by Gasteiger charge is 2.16. The van der Waals surface area contributed by atoms with Gasteiger partial charge in [0, 0.05) is 30.0 Å². The zero-order valence-corrected chi connectivity index (χ0v) is 12.3. The highest BCUT2D eigenvalue weighted by molar-refractivity contribution is 7.09. The first-order chi connectivity index (χ1) is 7.78. The molecule has 1 unspecified atom stereocenters. The number of hydrogen-bond donors (Lipinski definition) is 2. The van der Waals surface area contributed by atoms with Crippen LogP contribution in [0.25, 0.3) is 0 Å². The molecule has 0 fully saturated rings. The quantitative estimate of drug-likeness (QED) is 0.850. The molecule has 0 saturated carbocycles. The van der Waals surface area contributed by atoms with Gasteiger partial charge in [-0.3, -0.25) is 0 Å². The van der Waals surface area contributed by atoms with Crippen molar-refractivity contribution in [3.8, 4) is 0 Å². The summed E-state index contributed by atoms with van der Waals surface area (Å²) < 4.78 is 4.30. The summed E-state index contributed by atoms with van der Waals surface area (Å²) in [5, 5.41) is 4.14. The second-order valence-corrected chi connectivity index (χ2v) is 6.77. The Balaban J connectivity index is 2.39. The van der Waals surface area contributed by atoms with Crippen LogP contribution in [0, 0.1) is 5.41 Å². The molecule has 98 valence electrons. The Labute approximate surface area is 108 Å². The molecule has 5 heteroatoms. The summed E-state index contributed by atoms with van der Waals surface area (Å²) in [6, 6.07) is 0.154. The lowest BCUT2D eigenvalue weighted by atomic mass is 9.88. The summed E-state index contributed by atoms with van der Waals surface area (Å²) in [5.41, 5.74) is 6.34. The maximum Gasteiger partial charge on any atom is 0.202 e. The second kappa shape index (κ2) is 5.78. The fourth-order valence-corrected chi connectivity index (χ4v) is 2.33. The Kier molecular flexibility index (Phi) is 4.89. The van der Waals surface area contributed by atoms with Crippen molar-refractivity contribution in [3.63, 3.8) is 0 Å². The van der Waals surface area contributed by atoms with Gasteiger partial charge in [0.15, 0.2) is 0 Å². The molecule has 1 aromatic rings. The first-order valence-electron chi connectivity index (χ1n) is 6.11. The Morgan fingerprint density at radius 1 is 1.35 bits per heavy atom. The van der Waals surface area contributed by atoms with E-state index in [-0.39, 0.29) is 11.5 Å². The van der Waals surface area contributed by atoms with Crippen LogP contribution in [-0.4, -0.2) is 21.9 Å². The number of anilines is 1. The topological polar surface area (TPSA) is 63.8 Å². The molecule has 0 aliphatic rings. The average Bonchev–Trinajstić information content (AvgIpc) is 2.60. The van der Waals surface area contributed by atoms with Gasteiger partial charge in [0.05, 0.1) is 0 Å². The molecular formula is C12H24N4S. The fourth-order valence-electron chi connectivity index (χ4n) is 1.62. The van der Waals surface area contributed by atoms with Crippen molar-refractivity contribution in [2.75, 3.05) is 11.9 Å². The van der Waals surface area contributed by atoms with Gasteiger partial charge in [-0.1, -0.05) is 34.6 Å². The Bertz CT molecular complexity index is 341. The zero-order valence-electron chi connectivity index (χ0n) is 11.4. The summed E-state index contributed by atoms with van der Waals surface area (Å²) in [6.07, 6.45) is 0.996. The lowest BCUT2D eigenvalue weighted by Gasteiger charge is -2.23. The number of hydrogen-bond acceptors (Lipinski definition) is 5. The Morgan fingerprint density at radius 3 is 2.47 bits per heavy atom. The molecule has 0 bridgehead atoms. The van der Waals surface area contributed by atoms with E-state index in [4.69, 9.17) is 5.73 Å². The van der Waals surface area contributed by atoms with E-state index in [0.29, 0.717) is 5.92 Å². The largest absolute Gasteiger partial charge is 0.359 e. The first-order valence-corrected chi connectivity index (χ1v) is 6.88. The molecule has 1 rings (SSSR count). The summed E-state index contributed by atoms with van der Waals surface area (Å²) in [5.74, 6) is 1.28. The third-order valence-corrected chi connectivity index (χ3v) is 3.04. The molecule has 1 heterocycles. The van der Waals surface area contributed by atoms with E-state index in [2.05, 4.69) is 49.3 Å². The minimum Gasteiger partial charge on any atom is -0.359 e. The average molecular weight is 256 g/mol. The Morgan fingerprint density at radius 2 is 2.00 bits per heavy atom. The molecule has 1 atom stereocenters. The van der Waals surface area contributed by atoms with Crippen LogP contribution in [0.4, 0.5) is 5.13 Å². The van der Waals surface area contributed by atoms with Gasteiger partial charge >= 0.3 is 0 Å². The summed E-state index contributed by atoms with van der Waals surface area (Å²) >= 11 is 1.41. The van der Waals surface area contributed by atoms with Crippen molar-refractivity contribution in [1.29, 1.82) is 0 Å². The van der Waals surface area contributed by atoms with Crippen molar-refractivity contribution in [2.45, 2.75) is 53.0 Å². The van der Waals surface area contributed by atoms with Crippen molar-refractivity contribution in [2.24, 2.45) is 11.1 Å². The van der Waals surface area contributed by atoms with Crippen LogP contribution < -0.4 is 11.1 Å². The highest BCUT2D eigenvalue weighted by atomic mass is 32.1. The van der Waals surface area contributed by atoms with Gasteiger partial charge in [-0.25, -0.2) is 4.98 Å². The molecule has 4 nitrogen and oxygen atoms in total. The van der Waals surface area contributed by atoms with Crippen LogP contribution in [0.2, 0.25) is 0 Å². The SMILES string of the molecule is CC(C)c1nsc(NCC(N)CC(C)(C)C)n1. The Hall–Kier alpha value is -0.680. The standard InChI is InChI=1S/C12H24N4S/c1-8(2)10-15-11(17-16-10)14-7-9(13)6-12(3,4)5/h8-9H,6-7,13H2,1-5H3,(H,14,15,16). The van der Waals surface area contributed by atoms with Crippen LogP contribution in [0.1, 0.15) is 52.8 Å². The molecule has 1 aromatic heterocycles. The van der Waals surface area contributed by atoms with Gasteiger partial charge in [-0.2, -0.15) is 4.37 Å². The highest BCUT2D eigenvalue weighted by Crippen LogP contribution is 2.21. The van der Waals surface area contributed by atoms with Crippen molar-refractivity contribution in [1.82, 2.24) is 9.36 Å². The van der Waals surface area contributed by atoms with Gasteiger partial charge < -0.3 is 11.1 Å². The molecule has 0 amide bonds. The van der Waals surface area contributed by atoms with E-state index >= 15 is 0 Å². The molecule has 0 spiro atoms. The molecular weight excluding hydrogens is 232 g/mol. The van der Waals surface area contributed by atoms with Crippen LogP contribution in [0.5, 0.6) is 0 Å². The maximum atomic E-state index is 6.07. The number of aromatic nitrogens is 2. The minimum absolute atomic E-state index is 0.154. The third-order valence-electron chi connectivity index (χ3n) is 2.35. The lowest BCUT2D eigenvalue weighted by molar-refractivity contribution is 0.345. The van der Waals surface area contributed by atoms with E-state index in [9.17, 15) is 0 Å². The zero-order chi connectivity index (χ0) is 13.1. The molecule has 0 aliphatic carbocycles. The molecule has 0 aliphatic heterocycles. The maximum absolute atomic E-state index is 6.07. The van der Waals surface area contributed by atoms with Crippen molar-refractivity contribution in [3.05, 3.63) is 5.82 Å². The third kappa shape index (κ3) is 5.46. The van der Waals surface area contributed by atoms with E-state index in [0.717, 1.165) is 23.9 Å².